The van der Waals surface area contributed by atoms with Crippen LogP contribution in [0.1, 0.15) is 11.1 Å². The second-order valence-corrected chi connectivity index (χ2v) is 4.16. The zero-order valence-electron chi connectivity index (χ0n) is 9.77. The van der Waals surface area contributed by atoms with E-state index in [9.17, 15) is 4.79 Å². The summed E-state index contributed by atoms with van der Waals surface area (Å²) >= 11 is 0. The molecule has 4 nitrogen and oxygen atoms in total. The number of nitriles is 1. The van der Waals surface area contributed by atoms with Crippen LogP contribution in [0.15, 0.2) is 29.1 Å². The van der Waals surface area contributed by atoms with Crippen molar-refractivity contribution in [3.05, 3.63) is 51.0 Å². The molecule has 0 radical (unpaired) electrons. The number of hydrogen-bond donors (Lipinski definition) is 0. The van der Waals surface area contributed by atoms with Crippen LogP contribution in [0.5, 0.6) is 0 Å². The normalized spacial score (nSPS) is 10.9. The van der Waals surface area contributed by atoms with Crippen molar-refractivity contribution in [2.75, 3.05) is 0 Å². The van der Waals surface area contributed by atoms with E-state index in [0.29, 0.717) is 21.9 Å². The van der Waals surface area contributed by atoms with E-state index in [1.807, 2.05) is 30.3 Å². The van der Waals surface area contributed by atoms with Crippen molar-refractivity contribution in [1.82, 2.24) is 9.38 Å². The first-order valence-electron chi connectivity index (χ1n) is 5.48. The monoisotopic (exact) mass is 235 g/mol. The van der Waals surface area contributed by atoms with Crippen molar-refractivity contribution in [1.29, 1.82) is 5.26 Å². The minimum absolute atomic E-state index is 0.135. The lowest BCUT2D eigenvalue weighted by Crippen LogP contribution is -2.25. The molecule has 0 atom stereocenters. The lowest BCUT2D eigenvalue weighted by Gasteiger charge is -2.00. The van der Waals surface area contributed by atoms with Crippen LogP contribution in [-0.2, 0) is 0 Å². The Balaban J connectivity index is 2.77. The summed E-state index contributed by atoms with van der Waals surface area (Å²) in [5.41, 5.74) is 2.37. The molecule has 4 heteroatoms. The molecule has 0 unspecified atom stereocenters. The van der Waals surface area contributed by atoms with Gasteiger partial charge in [0.1, 0.15) is 17.3 Å². The molecule has 86 valence electrons. The summed E-state index contributed by atoms with van der Waals surface area (Å²) in [5, 5.41) is 9.71. The maximum atomic E-state index is 12.3. The predicted octanol–water partition coefficient (Wildman–Crippen LogP) is 1.16. The highest BCUT2D eigenvalue weighted by molar-refractivity contribution is 5.81. The summed E-state index contributed by atoms with van der Waals surface area (Å²) in [4.78, 5) is 16.7. The fourth-order valence-corrected chi connectivity index (χ4v) is 2.16. The maximum absolute atomic E-state index is 12.3. The minimum atomic E-state index is -0.328. The molecule has 0 spiro atoms. The average molecular weight is 235 g/mol. The van der Waals surface area contributed by atoms with E-state index in [2.05, 4.69) is 11.6 Å². The number of fused-ring (bicyclic) bond motifs is 3. The second kappa shape index (κ2) is 3.41. The van der Waals surface area contributed by atoms with E-state index in [4.69, 9.17) is 5.26 Å². The summed E-state index contributed by atoms with van der Waals surface area (Å²) in [6.45, 7) is 5.64. The van der Waals surface area contributed by atoms with E-state index in [-0.39, 0.29) is 11.1 Å². The Kier molecular flexibility index (Phi) is 1.99. The minimum Gasteiger partial charge on any atom is -0.267 e. The Morgan fingerprint density at radius 1 is 1.39 bits per heavy atom. The Labute approximate surface area is 102 Å². The Morgan fingerprint density at radius 2 is 2.11 bits per heavy atom. The van der Waals surface area contributed by atoms with Gasteiger partial charge >= 0.3 is 0 Å². The largest absolute Gasteiger partial charge is 0.275 e. The molecule has 0 amide bonds. The number of pyridine rings is 1. The standard InChI is InChI=1S/C14H9N3O/c1-8-9(2)13-16-11-5-3-4-6-12(11)17(13)14(18)10(8)7-15/h3-6H,2H2,1H3. The summed E-state index contributed by atoms with van der Waals surface area (Å²) in [5.74, 6) is 0. The molecule has 1 aromatic carbocycles. The molecule has 2 heterocycles. The average Bonchev–Trinajstić information content (AvgIpc) is 2.76. The zero-order chi connectivity index (χ0) is 12.9. The molecular weight excluding hydrogens is 226 g/mol. The fourth-order valence-electron chi connectivity index (χ4n) is 2.16. The van der Waals surface area contributed by atoms with Crippen LogP contribution in [0.3, 0.4) is 0 Å². The van der Waals surface area contributed by atoms with Crippen molar-refractivity contribution >= 4 is 23.3 Å². The van der Waals surface area contributed by atoms with E-state index in [1.165, 1.54) is 4.40 Å². The summed E-state index contributed by atoms with van der Waals surface area (Å²) in [6.07, 6.45) is 0. The molecule has 0 aliphatic carbocycles. The topological polar surface area (TPSA) is 58.2 Å². The quantitative estimate of drug-likeness (QED) is 0.587. The van der Waals surface area contributed by atoms with Gasteiger partial charge in [-0.25, -0.2) is 4.98 Å². The van der Waals surface area contributed by atoms with Gasteiger partial charge in [0.15, 0.2) is 0 Å². The van der Waals surface area contributed by atoms with Gasteiger partial charge in [-0.3, -0.25) is 9.20 Å². The summed E-state index contributed by atoms with van der Waals surface area (Å²) in [7, 11) is 0. The first kappa shape index (κ1) is 10.5. The van der Waals surface area contributed by atoms with Crippen molar-refractivity contribution in [3.63, 3.8) is 0 Å². The van der Waals surface area contributed by atoms with Crippen molar-refractivity contribution in [2.45, 2.75) is 6.92 Å². The lowest BCUT2D eigenvalue weighted by atomic mass is 10.1. The van der Waals surface area contributed by atoms with Gasteiger partial charge in [0, 0.05) is 5.22 Å². The number of para-hydroxylation sites is 2. The number of nitrogens with zero attached hydrogens (tertiary/aromatic N) is 3. The first-order chi connectivity index (χ1) is 8.65. The number of benzene rings is 1. The van der Waals surface area contributed by atoms with Crippen molar-refractivity contribution in [2.24, 2.45) is 0 Å². The highest BCUT2D eigenvalue weighted by Crippen LogP contribution is 2.13. The van der Waals surface area contributed by atoms with Gasteiger partial charge in [0.2, 0.25) is 0 Å². The highest BCUT2D eigenvalue weighted by atomic mass is 16.1. The van der Waals surface area contributed by atoms with Crippen LogP contribution in [0.2, 0.25) is 0 Å². The third-order valence-corrected chi connectivity index (χ3v) is 3.19. The van der Waals surface area contributed by atoms with Gasteiger partial charge in [0.25, 0.3) is 5.56 Å². The number of rotatable bonds is 0. The molecule has 0 bridgehead atoms. The van der Waals surface area contributed by atoms with Crippen molar-refractivity contribution in [3.8, 4) is 6.07 Å². The molecule has 2 aromatic heterocycles. The number of hydrogen-bond acceptors (Lipinski definition) is 3. The van der Waals surface area contributed by atoms with Gasteiger partial charge in [-0.1, -0.05) is 18.7 Å². The smallest absolute Gasteiger partial charge is 0.267 e. The van der Waals surface area contributed by atoms with Gasteiger partial charge in [0.05, 0.1) is 11.0 Å². The van der Waals surface area contributed by atoms with E-state index in [1.54, 1.807) is 6.92 Å². The molecule has 18 heavy (non-hydrogen) atoms. The van der Waals surface area contributed by atoms with Crippen LogP contribution >= 0.6 is 0 Å². The molecule has 3 rings (SSSR count). The van der Waals surface area contributed by atoms with Gasteiger partial charge < -0.3 is 0 Å². The zero-order valence-corrected chi connectivity index (χ0v) is 9.77. The molecule has 3 aromatic rings. The van der Waals surface area contributed by atoms with Gasteiger partial charge in [-0.05, 0) is 24.6 Å². The molecule has 0 fully saturated rings. The molecular formula is C14H9N3O. The van der Waals surface area contributed by atoms with Crippen LogP contribution in [0.4, 0.5) is 0 Å². The van der Waals surface area contributed by atoms with Crippen LogP contribution in [0.25, 0.3) is 23.3 Å². The summed E-state index contributed by atoms with van der Waals surface area (Å²) in [6, 6.07) is 9.30. The molecule has 0 aliphatic heterocycles. The third-order valence-electron chi connectivity index (χ3n) is 3.19. The molecule has 0 saturated carbocycles. The van der Waals surface area contributed by atoms with E-state index < -0.39 is 0 Å². The van der Waals surface area contributed by atoms with Crippen LogP contribution in [0, 0.1) is 18.3 Å². The molecule has 0 N–H and O–H groups in total. The van der Waals surface area contributed by atoms with Gasteiger partial charge in [-0.2, -0.15) is 5.26 Å². The number of aromatic nitrogens is 2. The molecule has 0 saturated heterocycles. The van der Waals surface area contributed by atoms with Crippen LogP contribution < -0.4 is 10.8 Å². The highest BCUT2D eigenvalue weighted by Gasteiger charge is 2.14. The Hall–Kier alpha value is -2.67. The maximum Gasteiger partial charge on any atom is 0.275 e. The molecule has 0 aliphatic rings. The van der Waals surface area contributed by atoms with Crippen molar-refractivity contribution < 1.29 is 0 Å². The SMILES string of the molecule is C=c1c(C)c(C#N)c(=O)n2c1nc1ccccc12. The first-order valence-corrected chi connectivity index (χ1v) is 5.48. The lowest BCUT2D eigenvalue weighted by molar-refractivity contribution is 1.10. The fraction of sp³-hybridized carbons (Fsp3) is 0.0714. The number of imidazole rings is 1. The second-order valence-electron chi connectivity index (χ2n) is 4.16. The third kappa shape index (κ3) is 1.13. The Morgan fingerprint density at radius 3 is 2.83 bits per heavy atom. The van der Waals surface area contributed by atoms with Crippen LogP contribution in [-0.4, -0.2) is 9.38 Å². The van der Waals surface area contributed by atoms with E-state index >= 15 is 0 Å². The van der Waals surface area contributed by atoms with Gasteiger partial charge in [-0.15, -0.1) is 0 Å². The Bertz CT molecular complexity index is 932. The van der Waals surface area contributed by atoms with E-state index in [0.717, 1.165) is 5.52 Å². The predicted molar refractivity (Wildman–Crippen MR) is 69.2 cm³/mol. The summed E-state index contributed by atoms with van der Waals surface area (Å²) < 4.78 is 1.46.